The first-order valence-corrected chi connectivity index (χ1v) is 11.1. The molecular formula is C24H47BN2O9. The minimum Gasteiger partial charge on any atom is -0.423 e. The Labute approximate surface area is 216 Å². The number of carbonyl (C=O) groups is 4. The van der Waals surface area contributed by atoms with Gasteiger partial charge in [0.2, 0.25) is 0 Å². The van der Waals surface area contributed by atoms with Gasteiger partial charge in [-0.15, -0.1) is 0 Å². The second-order valence-corrected chi connectivity index (χ2v) is 8.41. The molecule has 1 aromatic carbocycles. The summed E-state index contributed by atoms with van der Waals surface area (Å²) in [5.41, 5.74) is 2.67. The van der Waals surface area contributed by atoms with Gasteiger partial charge < -0.3 is 35.3 Å². The van der Waals surface area contributed by atoms with Gasteiger partial charge in [0.15, 0.2) is 0 Å². The Morgan fingerprint density at radius 3 is 1.19 bits per heavy atom. The van der Waals surface area contributed by atoms with Gasteiger partial charge in [0.1, 0.15) is 13.6 Å². The van der Waals surface area contributed by atoms with Gasteiger partial charge in [-0.05, 0) is 72.0 Å². The van der Waals surface area contributed by atoms with Gasteiger partial charge in [-0.3, -0.25) is 19.4 Å². The van der Waals surface area contributed by atoms with E-state index in [9.17, 15) is 10.0 Å². The van der Waals surface area contributed by atoms with Crippen molar-refractivity contribution in [3.63, 3.8) is 0 Å². The average molecular weight is 518 g/mol. The molecule has 0 saturated carbocycles. The number of hydrogen-bond acceptors (Lipinski definition) is 9. The molecule has 210 valence electrons. The van der Waals surface area contributed by atoms with E-state index in [-0.39, 0.29) is 23.9 Å². The Morgan fingerprint density at radius 1 is 0.750 bits per heavy atom. The van der Waals surface area contributed by atoms with E-state index in [0.717, 1.165) is 24.2 Å². The second kappa shape index (κ2) is 25.6. The number of rotatable bonds is 11. The minimum atomic E-state index is -1.45. The van der Waals surface area contributed by atoms with E-state index in [0.29, 0.717) is 29.6 Å². The van der Waals surface area contributed by atoms with Crippen LogP contribution in [-0.4, -0.2) is 88.6 Å². The molecule has 0 aliphatic rings. The summed E-state index contributed by atoms with van der Waals surface area (Å²) >= 11 is 0. The molecule has 36 heavy (non-hydrogen) atoms. The van der Waals surface area contributed by atoms with Gasteiger partial charge in [-0.2, -0.15) is 0 Å². The first-order chi connectivity index (χ1) is 16.0. The number of benzene rings is 1. The Morgan fingerprint density at radius 2 is 1.03 bits per heavy atom. The van der Waals surface area contributed by atoms with Gasteiger partial charge >= 0.3 is 20.1 Å². The van der Waals surface area contributed by atoms with E-state index in [1.165, 1.54) is 0 Å². The van der Waals surface area contributed by atoms with Crippen LogP contribution < -0.4 is 5.46 Å². The fourth-order valence-electron chi connectivity index (χ4n) is 3.61. The fourth-order valence-corrected chi connectivity index (χ4v) is 3.61. The van der Waals surface area contributed by atoms with Crippen LogP contribution in [0, 0.1) is 0 Å². The maximum absolute atomic E-state index is 10.1. The Balaban J connectivity index is -0.000000254. The van der Waals surface area contributed by atoms with Gasteiger partial charge in [0, 0.05) is 37.3 Å². The van der Waals surface area contributed by atoms with Crippen molar-refractivity contribution in [2.24, 2.45) is 0 Å². The molecule has 0 aliphatic heterocycles. The molecule has 0 heterocycles. The zero-order valence-corrected chi connectivity index (χ0v) is 22.9. The van der Waals surface area contributed by atoms with Crippen LogP contribution >= 0.6 is 0 Å². The number of nitrogens with zero attached hydrogens (tertiary/aromatic N) is 2. The molecule has 0 unspecified atom stereocenters. The molecule has 1 aromatic rings. The predicted octanol–water partition coefficient (Wildman–Crippen LogP) is -0.0994. The monoisotopic (exact) mass is 518 g/mol. The van der Waals surface area contributed by atoms with Crippen LogP contribution in [0.2, 0.25) is 0 Å². The van der Waals surface area contributed by atoms with Crippen molar-refractivity contribution in [1.82, 2.24) is 9.80 Å². The molecular weight excluding hydrogens is 471 g/mol. The van der Waals surface area contributed by atoms with Crippen LogP contribution in [0.4, 0.5) is 0 Å². The molecule has 0 aromatic heterocycles. The van der Waals surface area contributed by atoms with E-state index in [1.807, 2.05) is 31.8 Å². The van der Waals surface area contributed by atoms with Gasteiger partial charge in [0.25, 0.3) is 0 Å². The molecule has 0 radical (unpaired) electrons. The summed E-state index contributed by atoms with van der Waals surface area (Å²) in [5.74, 6) is 0. The van der Waals surface area contributed by atoms with E-state index >= 15 is 0 Å². The highest BCUT2D eigenvalue weighted by molar-refractivity contribution is 6.59. The van der Waals surface area contributed by atoms with Gasteiger partial charge in [0.05, 0.1) is 0 Å². The highest BCUT2D eigenvalue weighted by Gasteiger charge is 2.25. The Kier molecular flexibility index (Phi) is 31.0. The zero-order chi connectivity index (χ0) is 27.4. The minimum absolute atomic E-state index is 0. The molecule has 0 saturated heterocycles. The third-order valence-electron chi connectivity index (χ3n) is 5.02. The Bertz CT molecular complexity index is 611. The molecule has 0 bridgehead atoms. The summed E-state index contributed by atoms with van der Waals surface area (Å²) in [7, 11) is -1.45. The van der Waals surface area contributed by atoms with Crippen LogP contribution in [0.25, 0.3) is 0 Å². The third kappa shape index (κ3) is 17.0. The molecule has 11 nitrogen and oxygen atoms in total. The topological polar surface area (TPSA) is 187 Å². The lowest BCUT2D eigenvalue weighted by molar-refractivity contribution is -0.141. The van der Waals surface area contributed by atoms with Crippen molar-refractivity contribution in [3.05, 3.63) is 29.3 Å². The van der Waals surface area contributed by atoms with Crippen LogP contribution in [-0.2, 0) is 37.0 Å². The van der Waals surface area contributed by atoms with Crippen LogP contribution in [0.1, 0.15) is 66.5 Å². The molecule has 6 N–H and O–H groups in total. The Hall–Kier alpha value is -2.48. The number of ether oxygens (including phenoxy) is 1. The smallest absolute Gasteiger partial charge is 0.423 e. The lowest BCUT2D eigenvalue weighted by Gasteiger charge is -2.33. The van der Waals surface area contributed by atoms with E-state index in [1.54, 1.807) is 0 Å². The maximum Gasteiger partial charge on any atom is 0.489 e. The van der Waals surface area contributed by atoms with Crippen molar-refractivity contribution in [1.29, 1.82) is 0 Å². The summed E-state index contributed by atoms with van der Waals surface area (Å²) in [6, 6.07) is 7.67. The lowest BCUT2D eigenvalue weighted by atomic mass is 9.73. The van der Waals surface area contributed by atoms with E-state index in [4.69, 9.17) is 19.2 Å². The first-order valence-electron chi connectivity index (χ1n) is 11.1. The van der Waals surface area contributed by atoms with Crippen molar-refractivity contribution in [3.8, 4) is 0 Å². The number of carbonyl (C=O) groups excluding carboxylic acids is 4. The standard InChI is InChI=1S/C20H37BN2O2.C2H2O3.2CH2O.2H2O/c1-14(2)22(15(3)4)12-18-10-9-11-19(20(18)21(24)25)13-23(16(5)6)17(7)8;3-1-5-2-4;2*1-2;;/h9-11,14-17,24-25H,12-13H2,1-8H3;1-2H;2*1H2;2*1H2. The lowest BCUT2D eigenvalue weighted by Crippen LogP contribution is -2.44. The normalized spacial score (nSPS) is 9.67. The average Bonchev–Trinajstić information content (AvgIpc) is 2.78. The summed E-state index contributed by atoms with van der Waals surface area (Å²) < 4.78 is 3.47. The molecule has 12 heteroatoms. The van der Waals surface area contributed by atoms with E-state index < -0.39 is 7.12 Å². The van der Waals surface area contributed by atoms with Crippen molar-refractivity contribution in [2.75, 3.05) is 0 Å². The quantitative estimate of drug-likeness (QED) is 0.229. The largest absolute Gasteiger partial charge is 0.489 e. The molecule has 1 rings (SSSR count). The zero-order valence-electron chi connectivity index (χ0n) is 22.9. The second-order valence-electron chi connectivity index (χ2n) is 8.41. The SMILES string of the molecule is C=O.C=O.CC(C)N(Cc1cccc(CN(C(C)C)C(C)C)c1B(O)O)C(C)C.O.O.O=COC=O. The summed E-state index contributed by atoms with van der Waals surface area (Å²) in [4.78, 5) is 38.6. The summed E-state index contributed by atoms with van der Waals surface area (Å²) in [5, 5.41) is 20.2. The summed E-state index contributed by atoms with van der Waals surface area (Å²) in [6.07, 6.45) is 0. The maximum atomic E-state index is 10.1. The van der Waals surface area contributed by atoms with Gasteiger partial charge in [-0.1, -0.05) is 18.2 Å². The number of hydrogen-bond donors (Lipinski definition) is 2. The molecule has 0 amide bonds. The van der Waals surface area contributed by atoms with Crippen LogP contribution in [0.3, 0.4) is 0 Å². The third-order valence-corrected chi connectivity index (χ3v) is 5.02. The van der Waals surface area contributed by atoms with E-state index in [2.05, 4.69) is 69.9 Å². The van der Waals surface area contributed by atoms with Crippen molar-refractivity contribution >= 4 is 39.1 Å². The molecule has 0 spiro atoms. The summed E-state index contributed by atoms with van der Waals surface area (Å²) in [6.45, 7) is 23.0. The highest BCUT2D eigenvalue weighted by Crippen LogP contribution is 2.16. The van der Waals surface area contributed by atoms with Crippen LogP contribution in [0.15, 0.2) is 18.2 Å². The van der Waals surface area contributed by atoms with Crippen molar-refractivity contribution in [2.45, 2.75) is 92.6 Å². The molecule has 0 atom stereocenters. The molecule has 0 fully saturated rings. The highest BCUT2D eigenvalue weighted by atomic mass is 16.6. The van der Waals surface area contributed by atoms with Crippen molar-refractivity contribution < 1.29 is 44.9 Å². The van der Waals surface area contributed by atoms with Crippen LogP contribution in [0.5, 0.6) is 0 Å². The first kappa shape index (κ1) is 43.6. The fraction of sp³-hybridized carbons (Fsp3) is 0.583. The molecule has 0 aliphatic carbocycles. The van der Waals surface area contributed by atoms with Gasteiger partial charge in [-0.25, -0.2) is 0 Å². The predicted molar refractivity (Wildman–Crippen MR) is 143 cm³/mol.